The number of carboxylic acids is 1. The summed E-state index contributed by atoms with van der Waals surface area (Å²) in [5.74, 6) is -0.216. The zero-order chi connectivity index (χ0) is 13.5. The molecule has 0 spiro atoms. The molecule has 0 aromatic heterocycles. The van der Waals surface area contributed by atoms with Crippen molar-refractivity contribution in [1.29, 1.82) is 0 Å². The first kappa shape index (κ1) is 18.2. The first-order chi connectivity index (χ1) is 8.49. The molecule has 1 amide bonds. The Hall–Kier alpha value is -0.810. The fourth-order valence-electron chi connectivity index (χ4n) is 2.42. The molecule has 19 heavy (non-hydrogen) atoms. The molecule has 0 saturated carbocycles. The molecule has 1 heterocycles. The molecule has 112 valence electrons. The van der Waals surface area contributed by atoms with E-state index in [-0.39, 0.29) is 36.6 Å². The number of amides is 1. The van der Waals surface area contributed by atoms with Crippen molar-refractivity contribution in [2.75, 3.05) is 19.6 Å². The smallest absolute Gasteiger partial charge is 0.303 e. The largest absolute Gasteiger partial charge is 0.481 e. The van der Waals surface area contributed by atoms with E-state index < -0.39 is 5.97 Å². The lowest BCUT2D eigenvalue weighted by Crippen LogP contribution is -2.36. The van der Waals surface area contributed by atoms with Gasteiger partial charge in [-0.25, -0.2) is 0 Å². The van der Waals surface area contributed by atoms with Gasteiger partial charge in [-0.05, 0) is 31.2 Å². The molecule has 0 bridgehead atoms. The van der Waals surface area contributed by atoms with E-state index in [0.717, 1.165) is 25.9 Å². The van der Waals surface area contributed by atoms with Crippen molar-refractivity contribution >= 4 is 24.3 Å². The Morgan fingerprint density at radius 2 is 2.11 bits per heavy atom. The Labute approximate surface area is 120 Å². The van der Waals surface area contributed by atoms with E-state index in [4.69, 9.17) is 5.11 Å². The van der Waals surface area contributed by atoms with Crippen LogP contribution in [0.15, 0.2) is 0 Å². The molecule has 1 aliphatic rings. The van der Waals surface area contributed by atoms with Crippen LogP contribution in [0.25, 0.3) is 0 Å². The Balaban J connectivity index is 0.00000324. The lowest BCUT2D eigenvalue weighted by molar-refractivity contribution is -0.138. The number of aliphatic carboxylic acids is 1. The Kier molecular flexibility index (Phi) is 8.76. The van der Waals surface area contributed by atoms with Gasteiger partial charge in [0.15, 0.2) is 0 Å². The standard InChI is InChI=1S/C13H24N2O3.ClH/c1-9(2)5-10(6-12(16)17)7-15-13(18)11-3-4-14-8-11;/h9-11,14H,3-8H2,1-2H3,(H,15,18)(H,16,17);1H/t10-,11?;/m0./s1. The number of carbonyl (C=O) groups is 2. The summed E-state index contributed by atoms with van der Waals surface area (Å²) in [6, 6.07) is 0. The molecular formula is C13H25ClN2O3. The van der Waals surface area contributed by atoms with Crippen LogP contribution in [0.2, 0.25) is 0 Å². The average molecular weight is 293 g/mol. The van der Waals surface area contributed by atoms with Crippen molar-refractivity contribution in [1.82, 2.24) is 10.6 Å². The zero-order valence-electron chi connectivity index (χ0n) is 11.6. The van der Waals surface area contributed by atoms with Crippen molar-refractivity contribution in [2.24, 2.45) is 17.8 Å². The first-order valence-corrected chi connectivity index (χ1v) is 6.69. The monoisotopic (exact) mass is 292 g/mol. The molecule has 1 aliphatic heterocycles. The summed E-state index contributed by atoms with van der Waals surface area (Å²) < 4.78 is 0. The van der Waals surface area contributed by atoms with Crippen LogP contribution < -0.4 is 10.6 Å². The van der Waals surface area contributed by atoms with Crippen LogP contribution in [0.4, 0.5) is 0 Å². The van der Waals surface area contributed by atoms with Crippen molar-refractivity contribution in [3.05, 3.63) is 0 Å². The van der Waals surface area contributed by atoms with Gasteiger partial charge < -0.3 is 15.7 Å². The zero-order valence-corrected chi connectivity index (χ0v) is 12.5. The second-order valence-electron chi connectivity index (χ2n) is 5.53. The summed E-state index contributed by atoms with van der Waals surface area (Å²) in [6.07, 6.45) is 1.83. The average Bonchev–Trinajstić information content (AvgIpc) is 2.77. The van der Waals surface area contributed by atoms with Crippen LogP contribution in [-0.2, 0) is 9.59 Å². The summed E-state index contributed by atoms with van der Waals surface area (Å²) in [6.45, 7) is 6.23. The maximum absolute atomic E-state index is 11.8. The molecule has 0 radical (unpaired) electrons. The number of carbonyl (C=O) groups excluding carboxylic acids is 1. The van der Waals surface area contributed by atoms with E-state index in [2.05, 4.69) is 24.5 Å². The summed E-state index contributed by atoms with van der Waals surface area (Å²) >= 11 is 0. The van der Waals surface area contributed by atoms with E-state index in [1.165, 1.54) is 0 Å². The highest BCUT2D eigenvalue weighted by atomic mass is 35.5. The van der Waals surface area contributed by atoms with Crippen molar-refractivity contribution in [2.45, 2.75) is 33.1 Å². The van der Waals surface area contributed by atoms with Gasteiger partial charge in [0.1, 0.15) is 0 Å². The van der Waals surface area contributed by atoms with E-state index in [0.29, 0.717) is 12.5 Å². The topological polar surface area (TPSA) is 78.4 Å². The fraction of sp³-hybridized carbons (Fsp3) is 0.846. The first-order valence-electron chi connectivity index (χ1n) is 6.69. The number of hydrogen-bond donors (Lipinski definition) is 3. The minimum Gasteiger partial charge on any atom is -0.481 e. The summed E-state index contributed by atoms with van der Waals surface area (Å²) in [5, 5.41) is 14.9. The van der Waals surface area contributed by atoms with Gasteiger partial charge in [-0.1, -0.05) is 13.8 Å². The van der Waals surface area contributed by atoms with Crippen LogP contribution in [0.3, 0.4) is 0 Å². The molecule has 1 rings (SSSR count). The predicted octanol–water partition coefficient (Wildman–Crippen LogP) is 1.27. The third kappa shape index (κ3) is 7.38. The van der Waals surface area contributed by atoms with Crippen LogP contribution in [0, 0.1) is 17.8 Å². The highest BCUT2D eigenvalue weighted by molar-refractivity contribution is 5.85. The van der Waals surface area contributed by atoms with Gasteiger partial charge in [0.25, 0.3) is 0 Å². The number of carboxylic acid groups (broad SMARTS) is 1. The quantitative estimate of drug-likeness (QED) is 0.660. The Bertz CT molecular complexity index is 292. The highest BCUT2D eigenvalue weighted by Crippen LogP contribution is 2.15. The van der Waals surface area contributed by atoms with Crippen LogP contribution in [-0.4, -0.2) is 36.6 Å². The molecule has 0 aromatic carbocycles. The molecule has 0 aromatic rings. The number of rotatable bonds is 7. The molecule has 6 heteroatoms. The fourth-order valence-corrected chi connectivity index (χ4v) is 2.42. The summed E-state index contributed by atoms with van der Waals surface area (Å²) in [5.41, 5.74) is 0. The van der Waals surface area contributed by atoms with Gasteiger partial charge in [0.2, 0.25) is 5.91 Å². The molecular weight excluding hydrogens is 268 g/mol. The van der Waals surface area contributed by atoms with Crippen molar-refractivity contribution in [3.63, 3.8) is 0 Å². The minimum absolute atomic E-state index is 0. The Morgan fingerprint density at radius 1 is 1.42 bits per heavy atom. The Morgan fingerprint density at radius 3 is 2.58 bits per heavy atom. The third-order valence-corrected chi connectivity index (χ3v) is 3.26. The maximum Gasteiger partial charge on any atom is 0.303 e. The van der Waals surface area contributed by atoms with Crippen molar-refractivity contribution < 1.29 is 14.7 Å². The molecule has 1 saturated heterocycles. The molecule has 0 aliphatic carbocycles. The lowest BCUT2D eigenvalue weighted by Gasteiger charge is -2.19. The normalized spacial score (nSPS) is 19.8. The molecule has 1 unspecified atom stereocenters. The second kappa shape index (κ2) is 9.15. The van der Waals surface area contributed by atoms with E-state index in [1.807, 2.05) is 0 Å². The molecule has 3 N–H and O–H groups in total. The second-order valence-corrected chi connectivity index (χ2v) is 5.53. The van der Waals surface area contributed by atoms with Gasteiger partial charge in [0.05, 0.1) is 5.92 Å². The predicted molar refractivity (Wildman–Crippen MR) is 76.4 cm³/mol. The number of halogens is 1. The SMILES string of the molecule is CC(C)C[C@H](CNC(=O)C1CCNC1)CC(=O)O.Cl. The minimum atomic E-state index is -0.794. The van der Waals surface area contributed by atoms with Crippen LogP contribution >= 0.6 is 12.4 Å². The summed E-state index contributed by atoms with van der Waals surface area (Å²) in [7, 11) is 0. The number of nitrogens with one attached hydrogen (secondary N) is 2. The van der Waals surface area contributed by atoms with Gasteiger partial charge in [-0.3, -0.25) is 9.59 Å². The lowest BCUT2D eigenvalue weighted by atomic mass is 9.94. The maximum atomic E-state index is 11.8. The summed E-state index contributed by atoms with van der Waals surface area (Å²) in [4.78, 5) is 22.6. The van der Waals surface area contributed by atoms with Gasteiger partial charge in [-0.15, -0.1) is 12.4 Å². The third-order valence-electron chi connectivity index (χ3n) is 3.26. The van der Waals surface area contributed by atoms with Gasteiger partial charge >= 0.3 is 5.97 Å². The van der Waals surface area contributed by atoms with Crippen molar-refractivity contribution in [3.8, 4) is 0 Å². The highest BCUT2D eigenvalue weighted by Gasteiger charge is 2.23. The number of hydrogen-bond acceptors (Lipinski definition) is 3. The van der Waals surface area contributed by atoms with Crippen LogP contribution in [0.5, 0.6) is 0 Å². The van der Waals surface area contributed by atoms with E-state index in [1.54, 1.807) is 0 Å². The van der Waals surface area contributed by atoms with Gasteiger partial charge in [-0.2, -0.15) is 0 Å². The van der Waals surface area contributed by atoms with Crippen LogP contribution in [0.1, 0.15) is 33.1 Å². The molecule has 2 atom stereocenters. The molecule has 5 nitrogen and oxygen atoms in total. The molecule has 1 fully saturated rings. The van der Waals surface area contributed by atoms with E-state index >= 15 is 0 Å². The van der Waals surface area contributed by atoms with Gasteiger partial charge in [0, 0.05) is 19.5 Å². The van der Waals surface area contributed by atoms with E-state index in [9.17, 15) is 9.59 Å².